The maximum atomic E-state index is 8.58. The molecule has 10 nitrogen and oxygen atoms in total. The summed E-state index contributed by atoms with van der Waals surface area (Å²) in [6, 6.07) is 0. The van der Waals surface area contributed by atoms with Crippen LogP contribution in [0.25, 0.3) is 0 Å². The molecule has 0 aromatic rings. The van der Waals surface area contributed by atoms with Gasteiger partial charge in [-0.1, -0.05) is 96.8 Å². The molecule has 10 heteroatoms. The zero-order valence-corrected chi connectivity index (χ0v) is 28.5. The minimum atomic E-state index is -0.195. The molecule has 0 radical (unpaired) electrons. The van der Waals surface area contributed by atoms with Gasteiger partial charge < -0.3 is 48.7 Å². The van der Waals surface area contributed by atoms with Crippen LogP contribution in [0.15, 0.2) is 0 Å². The summed E-state index contributed by atoms with van der Waals surface area (Å²) in [5.41, 5.74) is 6.08. The first-order valence-corrected chi connectivity index (χ1v) is 17.8. The summed E-state index contributed by atoms with van der Waals surface area (Å²) >= 11 is 0. The number of aliphatic hydroxyl groups excluding tert-OH is 1. The number of ether oxygens (including phenoxy) is 8. The monoisotopic (exact) mass is 638 g/mol. The SMILES string of the molecule is CCCCCCCCCCCCCCCCCC(N)OCCOCCOCCOCCOCCOCCOCCOCCO. The van der Waals surface area contributed by atoms with Gasteiger partial charge in [-0.05, 0) is 12.8 Å². The first kappa shape index (κ1) is 43.6. The van der Waals surface area contributed by atoms with Gasteiger partial charge in [-0.15, -0.1) is 0 Å². The largest absolute Gasteiger partial charge is 0.394 e. The lowest BCUT2D eigenvalue weighted by molar-refractivity contribution is -0.0287. The van der Waals surface area contributed by atoms with Crippen LogP contribution in [0.5, 0.6) is 0 Å². The maximum Gasteiger partial charge on any atom is 0.105 e. The van der Waals surface area contributed by atoms with E-state index in [1.54, 1.807) is 0 Å². The number of rotatable bonds is 40. The molecule has 0 saturated carbocycles. The summed E-state index contributed by atoms with van der Waals surface area (Å²) in [4.78, 5) is 0. The molecule has 3 N–H and O–H groups in total. The molecule has 1 atom stereocenters. The smallest absolute Gasteiger partial charge is 0.105 e. The molecule has 0 aliphatic heterocycles. The number of nitrogens with two attached hydrogens (primary N) is 1. The average molecular weight is 638 g/mol. The van der Waals surface area contributed by atoms with Crippen LogP contribution in [0.2, 0.25) is 0 Å². The highest BCUT2D eigenvalue weighted by Crippen LogP contribution is 2.14. The van der Waals surface area contributed by atoms with Crippen LogP contribution in [-0.4, -0.2) is 117 Å². The zero-order chi connectivity index (χ0) is 31.9. The number of hydrogen-bond acceptors (Lipinski definition) is 10. The standard InChI is InChI=1S/C34H71NO9/c1-2-3-4-5-6-7-8-9-10-11-12-13-14-15-16-17-34(35)44-33-32-43-31-30-42-29-28-41-27-26-40-25-24-39-23-22-38-21-20-37-19-18-36/h34,36H,2-33,35H2,1H3. The summed E-state index contributed by atoms with van der Waals surface area (Å²) in [6.07, 6.45) is 21.3. The van der Waals surface area contributed by atoms with E-state index in [9.17, 15) is 0 Å². The fourth-order valence-corrected chi connectivity index (χ4v) is 4.54. The van der Waals surface area contributed by atoms with Crippen molar-refractivity contribution in [3.05, 3.63) is 0 Å². The number of hydrogen-bond donors (Lipinski definition) is 2. The van der Waals surface area contributed by atoms with Crippen molar-refractivity contribution in [2.24, 2.45) is 5.73 Å². The lowest BCUT2D eigenvalue weighted by Gasteiger charge is -2.13. The Morgan fingerprint density at radius 3 is 0.977 bits per heavy atom. The van der Waals surface area contributed by atoms with Gasteiger partial charge >= 0.3 is 0 Å². The molecule has 0 heterocycles. The first-order valence-electron chi connectivity index (χ1n) is 17.8. The summed E-state index contributed by atoms with van der Waals surface area (Å²) in [6.45, 7) is 9.90. The predicted molar refractivity (Wildman–Crippen MR) is 176 cm³/mol. The molecule has 0 spiro atoms. The van der Waals surface area contributed by atoms with E-state index in [-0.39, 0.29) is 12.8 Å². The molecular formula is C34H71NO9. The lowest BCUT2D eigenvalue weighted by atomic mass is 10.0. The molecule has 0 aromatic carbocycles. The van der Waals surface area contributed by atoms with E-state index >= 15 is 0 Å². The molecule has 0 aromatic heterocycles. The third-order valence-corrected chi connectivity index (χ3v) is 7.12. The Hall–Kier alpha value is -0.400. The molecule has 0 bridgehead atoms. The van der Waals surface area contributed by atoms with Crippen LogP contribution in [0.3, 0.4) is 0 Å². The van der Waals surface area contributed by atoms with E-state index in [4.69, 9.17) is 48.7 Å². The number of aliphatic hydroxyl groups is 1. The summed E-state index contributed by atoms with van der Waals surface area (Å²) in [5.74, 6) is 0. The van der Waals surface area contributed by atoms with Gasteiger partial charge in [0.2, 0.25) is 0 Å². The van der Waals surface area contributed by atoms with Crippen LogP contribution in [0, 0.1) is 0 Å². The minimum absolute atomic E-state index is 0.0319. The molecule has 0 aliphatic carbocycles. The second-order valence-corrected chi connectivity index (χ2v) is 11.2. The van der Waals surface area contributed by atoms with Crippen molar-refractivity contribution < 1.29 is 43.0 Å². The fraction of sp³-hybridized carbons (Fsp3) is 1.00. The van der Waals surface area contributed by atoms with Crippen molar-refractivity contribution in [2.75, 3.05) is 106 Å². The van der Waals surface area contributed by atoms with E-state index in [1.165, 1.54) is 89.9 Å². The zero-order valence-electron chi connectivity index (χ0n) is 28.5. The highest BCUT2D eigenvalue weighted by atomic mass is 16.6. The normalized spacial score (nSPS) is 12.3. The van der Waals surface area contributed by atoms with Crippen molar-refractivity contribution in [3.8, 4) is 0 Å². The maximum absolute atomic E-state index is 8.58. The van der Waals surface area contributed by atoms with Crippen molar-refractivity contribution in [2.45, 2.75) is 116 Å². The van der Waals surface area contributed by atoms with E-state index < -0.39 is 0 Å². The second kappa shape index (κ2) is 40.6. The fourth-order valence-electron chi connectivity index (χ4n) is 4.54. The second-order valence-electron chi connectivity index (χ2n) is 11.2. The molecule has 0 amide bonds. The number of unbranched alkanes of at least 4 members (excludes halogenated alkanes) is 14. The van der Waals surface area contributed by atoms with Crippen LogP contribution >= 0.6 is 0 Å². The quantitative estimate of drug-likeness (QED) is 0.0644. The van der Waals surface area contributed by atoms with Crippen molar-refractivity contribution >= 4 is 0 Å². The van der Waals surface area contributed by atoms with Crippen LogP contribution < -0.4 is 5.73 Å². The Kier molecular flexibility index (Phi) is 40.3. The van der Waals surface area contributed by atoms with Gasteiger partial charge in [0.15, 0.2) is 0 Å². The molecular weight excluding hydrogens is 566 g/mol. The van der Waals surface area contributed by atoms with Crippen molar-refractivity contribution in [3.63, 3.8) is 0 Å². The Labute approximate surface area is 270 Å². The van der Waals surface area contributed by atoms with E-state index in [2.05, 4.69) is 6.92 Å². The molecule has 0 aliphatic rings. The summed E-state index contributed by atoms with van der Waals surface area (Å²) in [7, 11) is 0. The minimum Gasteiger partial charge on any atom is -0.394 e. The molecule has 0 fully saturated rings. The van der Waals surface area contributed by atoms with Crippen LogP contribution in [-0.2, 0) is 37.9 Å². The summed E-state index contributed by atoms with van der Waals surface area (Å²) < 4.78 is 43.5. The third-order valence-electron chi connectivity index (χ3n) is 7.12. The Bertz CT molecular complexity index is 505. The Balaban J connectivity index is 3.13. The Morgan fingerprint density at radius 2 is 0.659 bits per heavy atom. The van der Waals surface area contributed by atoms with Gasteiger partial charge in [0.05, 0.1) is 106 Å². The van der Waals surface area contributed by atoms with Crippen molar-refractivity contribution in [1.29, 1.82) is 0 Å². The topological polar surface area (TPSA) is 120 Å². The highest BCUT2D eigenvalue weighted by molar-refractivity contribution is 4.53. The van der Waals surface area contributed by atoms with Gasteiger partial charge in [-0.3, -0.25) is 0 Å². The average Bonchev–Trinajstić information content (AvgIpc) is 3.03. The van der Waals surface area contributed by atoms with E-state index in [0.29, 0.717) is 99.1 Å². The third kappa shape index (κ3) is 39.6. The van der Waals surface area contributed by atoms with Crippen LogP contribution in [0.4, 0.5) is 0 Å². The molecule has 266 valence electrons. The van der Waals surface area contributed by atoms with Gasteiger partial charge in [-0.2, -0.15) is 0 Å². The molecule has 0 rings (SSSR count). The van der Waals surface area contributed by atoms with Crippen LogP contribution in [0.1, 0.15) is 110 Å². The van der Waals surface area contributed by atoms with E-state index in [1.807, 2.05) is 0 Å². The van der Waals surface area contributed by atoms with Crippen molar-refractivity contribution in [1.82, 2.24) is 0 Å². The van der Waals surface area contributed by atoms with Gasteiger partial charge in [0.25, 0.3) is 0 Å². The van der Waals surface area contributed by atoms with E-state index in [0.717, 1.165) is 12.8 Å². The highest BCUT2D eigenvalue weighted by Gasteiger charge is 2.03. The van der Waals surface area contributed by atoms with Gasteiger partial charge in [0, 0.05) is 0 Å². The molecule has 44 heavy (non-hydrogen) atoms. The van der Waals surface area contributed by atoms with Gasteiger partial charge in [0.1, 0.15) is 6.23 Å². The molecule has 1 unspecified atom stereocenters. The predicted octanol–water partition coefficient (Wildman–Crippen LogP) is 5.66. The lowest BCUT2D eigenvalue weighted by Crippen LogP contribution is -2.25. The first-order chi connectivity index (χ1) is 21.8. The van der Waals surface area contributed by atoms with Gasteiger partial charge in [-0.25, -0.2) is 0 Å². The summed E-state index contributed by atoms with van der Waals surface area (Å²) in [5, 5.41) is 8.58. The molecule has 0 saturated heterocycles. The Morgan fingerprint density at radius 1 is 0.386 bits per heavy atom.